The molecule has 1 N–H and O–H groups in total. The van der Waals surface area contributed by atoms with Gasteiger partial charge >= 0.3 is 12.1 Å². The van der Waals surface area contributed by atoms with Gasteiger partial charge in [-0.25, -0.2) is 18.4 Å². The van der Waals surface area contributed by atoms with Crippen LogP contribution in [0.15, 0.2) is 6.07 Å². The van der Waals surface area contributed by atoms with Crippen LogP contribution in [0.25, 0.3) is 0 Å². The van der Waals surface area contributed by atoms with Gasteiger partial charge in [0.1, 0.15) is 23.1 Å². The Kier molecular flexibility index (Phi) is 8.04. The van der Waals surface area contributed by atoms with Crippen LogP contribution in [-0.2, 0) is 20.7 Å². The highest BCUT2D eigenvalue weighted by atomic mass is 127. The van der Waals surface area contributed by atoms with Crippen molar-refractivity contribution >= 4 is 34.7 Å². The molecule has 0 aliphatic heterocycles. The van der Waals surface area contributed by atoms with Crippen LogP contribution in [0.3, 0.4) is 0 Å². The number of methoxy groups -OCH3 is 1. The summed E-state index contributed by atoms with van der Waals surface area (Å²) in [5, 5.41) is 2.38. The molecule has 1 rings (SSSR count). The first-order valence-corrected chi connectivity index (χ1v) is 9.65. The van der Waals surface area contributed by atoms with E-state index in [4.69, 9.17) is 14.2 Å². The van der Waals surface area contributed by atoms with Gasteiger partial charge in [0.15, 0.2) is 11.6 Å². The lowest BCUT2D eigenvalue weighted by Crippen LogP contribution is -2.47. The summed E-state index contributed by atoms with van der Waals surface area (Å²) in [6, 6.07) is -0.322. The van der Waals surface area contributed by atoms with Gasteiger partial charge in [-0.05, 0) is 70.2 Å². The average molecular weight is 513 g/mol. The van der Waals surface area contributed by atoms with Gasteiger partial charge in [-0.3, -0.25) is 0 Å². The molecule has 1 aromatic carbocycles. The Balaban J connectivity index is 3.26. The molecule has 6 nitrogen and oxygen atoms in total. The number of amides is 1. The van der Waals surface area contributed by atoms with Gasteiger partial charge in [-0.2, -0.15) is 0 Å². The Bertz CT molecular complexity index is 741. The molecule has 0 radical (unpaired) electrons. The van der Waals surface area contributed by atoms with E-state index in [1.165, 1.54) is 7.11 Å². The molecule has 0 unspecified atom stereocenters. The van der Waals surface area contributed by atoms with Crippen LogP contribution in [0, 0.1) is 15.2 Å². The molecule has 1 atom stereocenters. The number of benzene rings is 1. The van der Waals surface area contributed by atoms with Crippen LogP contribution in [0.5, 0.6) is 5.75 Å². The lowest BCUT2D eigenvalue weighted by Gasteiger charge is -2.26. The van der Waals surface area contributed by atoms with E-state index in [9.17, 15) is 18.4 Å². The summed E-state index contributed by atoms with van der Waals surface area (Å²) < 4.78 is 44.3. The first kappa shape index (κ1) is 24.4. The summed E-state index contributed by atoms with van der Waals surface area (Å²) in [6.07, 6.45) is -1.26. The number of carbonyl (C=O) groups is 2. The van der Waals surface area contributed by atoms with E-state index >= 15 is 0 Å². The van der Waals surface area contributed by atoms with Crippen molar-refractivity contribution in [3.63, 3.8) is 0 Å². The van der Waals surface area contributed by atoms with E-state index in [0.717, 1.165) is 6.07 Å². The van der Waals surface area contributed by atoms with Crippen LogP contribution >= 0.6 is 22.6 Å². The maximum absolute atomic E-state index is 14.6. The number of halogens is 3. The number of hydrogen-bond donors (Lipinski definition) is 1. The highest BCUT2D eigenvalue weighted by Crippen LogP contribution is 2.30. The van der Waals surface area contributed by atoms with Gasteiger partial charge in [-0.15, -0.1) is 0 Å². The van der Waals surface area contributed by atoms with Crippen molar-refractivity contribution in [2.24, 2.45) is 0 Å². The molecule has 28 heavy (non-hydrogen) atoms. The van der Waals surface area contributed by atoms with E-state index < -0.39 is 40.9 Å². The summed E-state index contributed by atoms with van der Waals surface area (Å²) >= 11 is 1.64. The molecule has 0 aliphatic rings. The third kappa shape index (κ3) is 7.40. The number of nitrogens with one attached hydrogen (secondary N) is 1. The molecule has 0 bridgehead atoms. The van der Waals surface area contributed by atoms with Gasteiger partial charge in [0.25, 0.3) is 0 Å². The SMILES string of the molecule is COc1c(F)cc(I)c(F)c1C[C@@H](NC(=O)OC(C)(C)C)C(=O)OC(C)(C)C. The summed E-state index contributed by atoms with van der Waals surface area (Å²) in [7, 11) is 1.19. The molecule has 0 fully saturated rings. The quantitative estimate of drug-likeness (QED) is 0.360. The second-order valence-corrected chi connectivity index (χ2v) is 9.26. The van der Waals surface area contributed by atoms with E-state index in [0.29, 0.717) is 0 Å². The van der Waals surface area contributed by atoms with Gasteiger partial charge in [0.2, 0.25) is 0 Å². The lowest BCUT2D eigenvalue weighted by molar-refractivity contribution is -0.157. The van der Waals surface area contributed by atoms with Crippen molar-refractivity contribution in [1.82, 2.24) is 5.32 Å². The summed E-state index contributed by atoms with van der Waals surface area (Å²) in [5.41, 5.74) is -1.83. The molecule has 9 heteroatoms. The van der Waals surface area contributed by atoms with Crippen LogP contribution in [0.4, 0.5) is 13.6 Å². The number of carbonyl (C=O) groups excluding carboxylic acids is 2. The fraction of sp³-hybridized carbons (Fsp3) is 0.579. The first-order chi connectivity index (χ1) is 12.6. The maximum Gasteiger partial charge on any atom is 0.408 e. The van der Waals surface area contributed by atoms with E-state index in [1.54, 1.807) is 64.1 Å². The third-order valence-electron chi connectivity index (χ3n) is 3.21. The standard InChI is InChI=1S/C19H26F2INO5/c1-18(2,3)27-16(24)13(23-17(25)28-19(4,5)6)8-10-14(21)12(22)9-11(20)15(10)26-7/h9,13H,8H2,1-7H3,(H,23,25)/t13-/m1/s1. The molecule has 0 saturated heterocycles. The molecule has 158 valence electrons. The Morgan fingerprint density at radius 1 is 1.11 bits per heavy atom. The first-order valence-electron chi connectivity index (χ1n) is 8.57. The molecule has 0 heterocycles. The van der Waals surface area contributed by atoms with Gasteiger partial charge in [-0.1, -0.05) is 0 Å². The van der Waals surface area contributed by atoms with Crippen molar-refractivity contribution < 1.29 is 32.6 Å². The van der Waals surface area contributed by atoms with E-state index in [2.05, 4.69) is 5.32 Å². The predicted octanol–water partition coefficient (Wildman–Crippen LogP) is 4.36. The van der Waals surface area contributed by atoms with Crippen LogP contribution in [0.2, 0.25) is 0 Å². The minimum absolute atomic E-state index is 0.0195. The molecule has 0 aromatic heterocycles. The summed E-state index contributed by atoms with van der Waals surface area (Å²) in [5.74, 6) is -2.65. The second kappa shape index (κ2) is 9.23. The smallest absolute Gasteiger partial charge is 0.408 e. The molecule has 0 spiro atoms. The largest absolute Gasteiger partial charge is 0.493 e. The molecule has 1 aromatic rings. The Labute approximate surface area is 177 Å². The van der Waals surface area contributed by atoms with Crippen molar-refractivity contribution in [3.05, 3.63) is 26.8 Å². The third-order valence-corrected chi connectivity index (χ3v) is 4.00. The van der Waals surface area contributed by atoms with Crippen molar-refractivity contribution in [3.8, 4) is 5.75 Å². The highest BCUT2D eigenvalue weighted by Gasteiger charge is 2.32. The zero-order chi connectivity index (χ0) is 21.9. The summed E-state index contributed by atoms with van der Waals surface area (Å²) in [4.78, 5) is 24.8. The number of hydrogen-bond acceptors (Lipinski definition) is 5. The number of rotatable bonds is 5. The monoisotopic (exact) mass is 513 g/mol. The van der Waals surface area contributed by atoms with Gasteiger partial charge in [0.05, 0.1) is 10.7 Å². The van der Waals surface area contributed by atoms with Crippen LogP contribution in [0.1, 0.15) is 47.1 Å². The fourth-order valence-corrected chi connectivity index (χ4v) is 2.85. The normalized spacial score (nSPS) is 12.9. The van der Waals surface area contributed by atoms with Crippen molar-refractivity contribution in [1.29, 1.82) is 0 Å². The zero-order valence-corrected chi connectivity index (χ0v) is 19.2. The summed E-state index contributed by atoms with van der Waals surface area (Å²) in [6.45, 7) is 9.94. The van der Waals surface area contributed by atoms with Crippen molar-refractivity contribution in [2.45, 2.75) is 65.2 Å². The number of esters is 1. The predicted molar refractivity (Wildman–Crippen MR) is 108 cm³/mol. The van der Waals surface area contributed by atoms with Crippen molar-refractivity contribution in [2.75, 3.05) is 7.11 Å². The second-order valence-electron chi connectivity index (χ2n) is 8.10. The topological polar surface area (TPSA) is 73.9 Å². The Hall–Kier alpha value is -1.65. The van der Waals surface area contributed by atoms with Crippen LogP contribution in [-0.4, -0.2) is 36.4 Å². The Morgan fingerprint density at radius 3 is 2.11 bits per heavy atom. The maximum atomic E-state index is 14.6. The number of ether oxygens (including phenoxy) is 3. The molecular weight excluding hydrogens is 487 g/mol. The highest BCUT2D eigenvalue weighted by molar-refractivity contribution is 14.1. The minimum atomic E-state index is -1.31. The van der Waals surface area contributed by atoms with E-state index in [-0.39, 0.29) is 21.3 Å². The van der Waals surface area contributed by atoms with Gasteiger partial charge in [0, 0.05) is 12.0 Å². The van der Waals surface area contributed by atoms with Crippen LogP contribution < -0.4 is 10.1 Å². The van der Waals surface area contributed by atoms with E-state index in [1.807, 2.05) is 0 Å². The Morgan fingerprint density at radius 2 is 1.64 bits per heavy atom. The minimum Gasteiger partial charge on any atom is -0.493 e. The van der Waals surface area contributed by atoms with Gasteiger partial charge < -0.3 is 19.5 Å². The molecule has 1 amide bonds. The molecule has 0 aliphatic carbocycles. The fourth-order valence-electron chi connectivity index (χ4n) is 2.25. The number of alkyl carbamates (subject to hydrolysis) is 1. The average Bonchev–Trinajstić information content (AvgIpc) is 2.48. The lowest BCUT2D eigenvalue weighted by atomic mass is 10.0. The zero-order valence-electron chi connectivity index (χ0n) is 17.0. The molecule has 0 saturated carbocycles. The molecular formula is C19H26F2INO5.